The van der Waals surface area contributed by atoms with Crippen molar-refractivity contribution in [2.45, 2.75) is 13.8 Å². The first-order chi connectivity index (χ1) is 14.6. The van der Waals surface area contributed by atoms with Crippen molar-refractivity contribution in [3.8, 4) is 0 Å². The summed E-state index contributed by atoms with van der Waals surface area (Å²) in [4.78, 5) is 31.1. The third kappa shape index (κ3) is 3.85. The minimum Gasteiger partial charge on any atom is -0.451 e. The second-order valence-electron chi connectivity index (χ2n) is 7.17. The third-order valence-corrected chi connectivity index (χ3v) is 5.46. The number of benzene rings is 1. The van der Waals surface area contributed by atoms with Gasteiger partial charge in [-0.15, -0.1) is 10.2 Å². The highest BCUT2D eigenvalue weighted by Gasteiger charge is 2.25. The Kier molecular flexibility index (Phi) is 5.65. The zero-order chi connectivity index (χ0) is 21.1. The predicted molar refractivity (Wildman–Crippen MR) is 116 cm³/mol. The van der Waals surface area contributed by atoms with Gasteiger partial charge in [0.15, 0.2) is 22.8 Å². The van der Waals surface area contributed by atoms with E-state index in [1.54, 1.807) is 29.2 Å². The van der Waals surface area contributed by atoms with Crippen LogP contribution in [0.3, 0.4) is 0 Å². The minimum absolute atomic E-state index is 0.0792. The highest BCUT2D eigenvalue weighted by Crippen LogP contribution is 2.18. The molecular weight excluding hydrogens is 382 g/mol. The summed E-state index contributed by atoms with van der Waals surface area (Å²) in [6.07, 6.45) is 0. The largest absolute Gasteiger partial charge is 0.451 e. The Labute approximate surface area is 174 Å². The van der Waals surface area contributed by atoms with Crippen molar-refractivity contribution in [1.29, 1.82) is 0 Å². The van der Waals surface area contributed by atoms with E-state index in [-0.39, 0.29) is 17.1 Å². The molecule has 0 aliphatic carbocycles. The van der Waals surface area contributed by atoms with Crippen LogP contribution in [0.5, 0.6) is 0 Å². The first kappa shape index (κ1) is 19.9. The summed E-state index contributed by atoms with van der Waals surface area (Å²) in [6.45, 7) is 8.28. The molecule has 1 aliphatic rings. The molecule has 1 saturated heterocycles. The van der Waals surface area contributed by atoms with E-state index in [0.29, 0.717) is 37.1 Å². The number of para-hydroxylation sites is 1. The smallest absolute Gasteiger partial charge is 0.289 e. The van der Waals surface area contributed by atoms with Gasteiger partial charge in [0.05, 0.1) is 5.39 Å². The molecule has 0 N–H and O–H groups in total. The summed E-state index contributed by atoms with van der Waals surface area (Å²) in [5, 5.41) is 9.18. The number of carbonyl (C=O) groups excluding carboxylic acids is 1. The molecule has 8 heteroatoms. The average molecular weight is 407 g/mol. The van der Waals surface area contributed by atoms with Gasteiger partial charge >= 0.3 is 0 Å². The predicted octanol–water partition coefficient (Wildman–Crippen LogP) is 2.39. The van der Waals surface area contributed by atoms with Crippen LogP contribution in [0.25, 0.3) is 11.0 Å². The van der Waals surface area contributed by atoms with Gasteiger partial charge in [0.2, 0.25) is 0 Å². The number of carbonyl (C=O) groups is 1. The maximum atomic E-state index is 12.9. The van der Waals surface area contributed by atoms with Crippen LogP contribution in [-0.4, -0.2) is 60.3 Å². The highest BCUT2D eigenvalue weighted by atomic mass is 16.3. The number of piperazine rings is 1. The molecule has 8 nitrogen and oxygen atoms in total. The second kappa shape index (κ2) is 8.52. The van der Waals surface area contributed by atoms with E-state index in [4.69, 9.17) is 4.42 Å². The van der Waals surface area contributed by atoms with E-state index in [1.807, 2.05) is 12.1 Å². The Balaban J connectivity index is 1.43. The number of nitrogens with zero attached hydrogens (tertiary/aromatic N) is 5. The molecule has 1 amide bonds. The molecular formula is C22H25N5O3. The van der Waals surface area contributed by atoms with E-state index in [2.05, 4.69) is 33.8 Å². The van der Waals surface area contributed by atoms with E-state index >= 15 is 0 Å². The van der Waals surface area contributed by atoms with E-state index in [9.17, 15) is 9.59 Å². The van der Waals surface area contributed by atoms with Gasteiger partial charge in [-0.25, -0.2) is 0 Å². The summed E-state index contributed by atoms with van der Waals surface area (Å²) in [5.41, 5.74) is 0.220. The van der Waals surface area contributed by atoms with Crippen LogP contribution in [0.2, 0.25) is 0 Å². The van der Waals surface area contributed by atoms with Crippen LogP contribution in [-0.2, 0) is 0 Å². The van der Waals surface area contributed by atoms with Crippen LogP contribution in [0.4, 0.5) is 11.6 Å². The molecule has 0 unspecified atom stereocenters. The zero-order valence-electron chi connectivity index (χ0n) is 17.2. The van der Waals surface area contributed by atoms with Gasteiger partial charge in [-0.1, -0.05) is 12.1 Å². The van der Waals surface area contributed by atoms with Gasteiger partial charge in [-0.3, -0.25) is 9.59 Å². The lowest BCUT2D eigenvalue weighted by atomic mass is 10.2. The van der Waals surface area contributed by atoms with Crippen molar-refractivity contribution < 1.29 is 9.21 Å². The van der Waals surface area contributed by atoms with Crippen LogP contribution in [0.1, 0.15) is 24.4 Å². The lowest BCUT2D eigenvalue weighted by Gasteiger charge is -2.35. The molecule has 0 bridgehead atoms. The first-order valence-electron chi connectivity index (χ1n) is 10.3. The summed E-state index contributed by atoms with van der Waals surface area (Å²) in [7, 11) is 0. The maximum Gasteiger partial charge on any atom is 0.289 e. The van der Waals surface area contributed by atoms with Gasteiger partial charge in [0.25, 0.3) is 5.91 Å². The number of hydrogen-bond donors (Lipinski definition) is 0. The zero-order valence-corrected chi connectivity index (χ0v) is 17.2. The number of hydrogen-bond acceptors (Lipinski definition) is 7. The van der Waals surface area contributed by atoms with Crippen molar-refractivity contribution in [3.63, 3.8) is 0 Å². The molecule has 1 aliphatic heterocycles. The summed E-state index contributed by atoms with van der Waals surface area (Å²) >= 11 is 0. The maximum absolute atomic E-state index is 12.9. The van der Waals surface area contributed by atoms with Crippen LogP contribution >= 0.6 is 0 Å². The molecule has 156 valence electrons. The van der Waals surface area contributed by atoms with Crippen LogP contribution < -0.4 is 15.2 Å². The third-order valence-electron chi connectivity index (χ3n) is 5.46. The Morgan fingerprint density at radius 2 is 1.77 bits per heavy atom. The van der Waals surface area contributed by atoms with Crippen LogP contribution in [0.15, 0.2) is 51.7 Å². The number of fused-ring (bicyclic) bond motifs is 1. The molecule has 30 heavy (non-hydrogen) atoms. The van der Waals surface area contributed by atoms with Gasteiger partial charge in [0.1, 0.15) is 5.58 Å². The SMILES string of the molecule is CCN(CC)c1ccc(N2CCN(C(=O)c3cc(=O)c4ccccc4o3)CC2)nn1. The molecule has 0 radical (unpaired) electrons. The minimum atomic E-state index is -0.263. The van der Waals surface area contributed by atoms with Crippen LogP contribution in [0, 0.1) is 0 Å². The summed E-state index contributed by atoms with van der Waals surface area (Å²) < 4.78 is 5.69. The molecule has 2 aromatic heterocycles. The topological polar surface area (TPSA) is 82.8 Å². The van der Waals surface area contributed by atoms with Crippen molar-refractivity contribution in [1.82, 2.24) is 15.1 Å². The fourth-order valence-electron chi connectivity index (χ4n) is 3.71. The van der Waals surface area contributed by atoms with Gasteiger partial charge in [-0.2, -0.15) is 0 Å². The van der Waals surface area contributed by atoms with Crippen molar-refractivity contribution in [2.75, 3.05) is 49.1 Å². The fraction of sp³-hybridized carbons (Fsp3) is 0.364. The molecule has 0 atom stereocenters. The summed E-state index contributed by atoms with van der Waals surface area (Å²) in [6, 6.07) is 12.2. The Hall–Kier alpha value is -3.42. The molecule has 1 fully saturated rings. The molecule has 0 spiro atoms. The second-order valence-corrected chi connectivity index (χ2v) is 7.17. The number of anilines is 2. The lowest BCUT2D eigenvalue weighted by Crippen LogP contribution is -2.49. The molecule has 4 rings (SSSR count). The van der Waals surface area contributed by atoms with Gasteiger partial charge in [0, 0.05) is 45.3 Å². The van der Waals surface area contributed by atoms with E-state index in [0.717, 1.165) is 24.7 Å². The van der Waals surface area contributed by atoms with E-state index in [1.165, 1.54) is 6.07 Å². The Bertz CT molecular complexity index is 1080. The highest BCUT2D eigenvalue weighted by molar-refractivity contribution is 5.93. The molecule has 0 saturated carbocycles. The number of aromatic nitrogens is 2. The Morgan fingerprint density at radius 1 is 1.03 bits per heavy atom. The monoisotopic (exact) mass is 407 g/mol. The Morgan fingerprint density at radius 3 is 2.43 bits per heavy atom. The normalized spacial score (nSPS) is 14.2. The summed E-state index contributed by atoms with van der Waals surface area (Å²) in [5.74, 6) is 1.48. The van der Waals surface area contributed by atoms with Crippen molar-refractivity contribution in [3.05, 3.63) is 58.4 Å². The van der Waals surface area contributed by atoms with Crippen molar-refractivity contribution >= 4 is 28.5 Å². The number of rotatable bonds is 5. The van der Waals surface area contributed by atoms with Gasteiger partial charge < -0.3 is 19.1 Å². The van der Waals surface area contributed by atoms with Crippen molar-refractivity contribution in [2.24, 2.45) is 0 Å². The molecule has 1 aromatic carbocycles. The standard InChI is InChI=1S/C22H25N5O3/c1-3-25(4-2)20-9-10-21(24-23-20)26-11-13-27(14-12-26)22(29)19-15-17(28)16-7-5-6-8-18(16)30-19/h5-10,15H,3-4,11-14H2,1-2H3. The fourth-order valence-corrected chi connectivity index (χ4v) is 3.71. The quantitative estimate of drug-likeness (QED) is 0.642. The first-order valence-corrected chi connectivity index (χ1v) is 10.3. The average Bonchev–Trinajstić information content (AvgIpc) is 2.80. The lowest BCUT2D eigenvalue weighted by molar-refractivity contribution is 0.0715. The van der Waals surface area contributed by atoms with Gasteiger partial charge in [-0.05, 0) is 38.1 Å². The number of amides is 1. The molecule has 3 heterocycles. The molecule has 3 aromatic rings. The van der Waals surface area contributed by atoms with E-state index < -0.39 is 0 Å².